The summed E-state index contributed by atoms with van der Waals surface area (Å²) in [6.07, 6.45) is 0.379. The lowest BCUT2D eigenvalue weighted by atomic mass is 9.97. The number of nitrogens with two attached hydrogens (primary N) is 1. The number of carbonyl (C=O) groups excluding carboxylic acids is 5. The molecule has 0 spiro atoms. The second-order valence-corrected chi connectivity index (χ2v) is 15.0. The van der Waals surface area contributed by atoms with Crippen LogP contribution in [0.15, 0.2) is 0 Å². The van der Waals surface area contributed by atoms with Crippen molar-refractivity contribution in [2.45, 2.75) is 144 Å². The summed E-state index contributed by atoms with van der Waals surface area (Å²) in [5, 5.41) is 31.5. The van der Waals surface area contributed by atoms with Crippen molar-refractivity contribution in [1.29, 1.82) is 0 Å². The van der Waals surface area contributed by atoms with Gasteiger partial charge in [0.1, 0.15) is 30.2 Å². The van der Waals surface area contributed by atoms with Crippen LogP contribution in [0, 0.1) is 29.6 Å². The summed E-state index contributed by atoms with van der Waals surface area (Å²) < 4.78 is 0. The number of hydrogen-bond donors (Lipinski definition) is 8. The molecular weight excluding hydrogens is 636 g/mol. The summed E-state index contributed by atoms with van der Waals surface area (Å²) in [6, 6.07) is -6.87. The number of aliphatic carboxylic acids is 2. The molecule has 9 N–H and O–H groups in total. The monoisotopic (exact) mass is 698 g/mol. The maximum Gasteiger partial charge on any atom is 0.326 e. The third-order valence-electron chi connectivity index (χ3n) is 7.42. The average Bonchev–Trinajstić information content (AvgIpc) is 2.93. The summed E-state index contributed by atoms with van der Waals surface area (Å²) >= 11 is 0. The highest BCUT2D eigenvalue weighted by atomic mass is 16.4. The molecule has 5 amide bonds. The van der Waals surface area contributed by atoms with Crippen molar-refractivity contribution in [2.24, 2.45) is 35.3 Å². The van der Waals surface area contributed by atoms with Gasteiger partial charge in [-0.2, -0.15) is 0 Å². The van der Waals surface area contributed by atoms with Crippen molar-refractivity contribution in [2.75, 3.05) is 0 Å². The van der Waals surface area contributed by atoms with Gasteiger partial charge in [0.15, 0.2) is 0 Å². The fourth-order valence-corrected chi connectivity index (χ4v) is 5.17. The normalized spacial score (nSPS) is 15.3. The fraction of sp³-hybridized carbons (Fsp3) is 0.794. The zero-order valence-corrected chi connectivity index (χ0v) is 30.9. The van der Waals surface area contributed by atoms with Crippen LogP contribution < -0.4 is 32.3 Å². The summed E-state index contributed by atoms with van der Waals surface area (Å²) in [5.41, 5.74) is 6.05. The molecule has 49 heavy (non-hydrogen) atoms. The van der Waals surface area contributed by atoms with Gasteiger partial charge in [0, 0.05) is 0 Å². The Morgan fingerprint density at radius 1 is 0.429 bits per heavy atom. The van der Waals surface area contributed by atoms with Gasteiger partial charge < -0.3 is 42.5 Å². The van der Waals surface area contributed by atoms with Gasteiger partial charge >= 0.3 is 11.9 Å². The second-order valence-electron chi connectivity index (χ2n) is 15.0. The molecule has 0 heterocycles. The van der Waals surface area contributed by atoms with Gasteiger partial charge in [-0.25, -0.2) is 4.79 Å². The van der Waals surface area contributed by atoms with Gasteiger partial charge in [-0.1, -0.05) is 69.2 Å². The molecule has 0 aliphatic rings. The minimum atomic E-state index is -1.71. The van der Waals surface area contributed by atoms with E-state index < -0.39 is 84.1 Å². The lowest BCUT2D eigenvalue weighted by Crippen LogP contribution is -2.59. The molecule has 0 saturated heterocycles. The van der Waals surface area contributed by atoms with Gasteiger partial charge in [0.05, 0.1) is 12.5 Å². The van der Waals surface area contributed by atoms with E-state index >= 15 is 0 Å². The van der Waals surface area contributed by atoms with Gasteiger partial charge in [0.25, 0.3) is 0 Å². The maximum atomic E-state index is 13.7. The molecule has 0 aromatic carbocycles. The molecule has 0 saturated carbocycles. The molecule has 15 heteroatoms. The summed E-state index contributed by atoms with van der Waals surface area (Å²) in [4.78, 5) is 89.4. The Balaban J connectivity index is 6.15. The molecule has 0 rings (SSSR count). The topological polar surface area (TPSA) is 246 Å². The van der Waals surface area contributed by atoms with E-state index in [4.69, 9.17) is 10.8 Å². The van der Waals surface area contributed by atoms with E-state index in [-0.39, 0.29) is 48.9 Å². The highest BCUT2D eigenvalue weighted by Gasteiger charge is 2.34. The van der Waals surface area contributed by atoms with Crippen molar-refractivity contribution in [3.05, 3.63) is 0 Å². The molecule has 0 aromatic rings. The lowest BCUT2D eigenvalue weighted by molar-refractivity contribution is -0.147. The summed E-state index contributed by atoms with van der Waals surface area (Å²) in [5.74, 6) is -6.26. The number of carboxylic acid groups (broad SMARTS) is 2. The molecule has 15 nitrogen and oxygen atoms in total. The molecule has 0 unspecified atom stereocenters. The minimum absolute atomic E-state index is 0.0276. The number of rotatable bonds is 23. The Morgan fingerprint density at radius 3 is 0.898 bits per heavy atom. The van der Waals surface area contributed by atoms with E-state index in [1.165, 1.54) is 0 Å². The van der Waals surface area contributed by atoms with Crippen LogP contribution in [0.4, 0.5) is 0 Å². The van der Waals surface area contributed by atoms with Gasteiger partial charge in [-0.05, 0) is 61.7 Å². The fourth-order valence-electron chi connectivity index (χ4n) is 5.17. The third-order valence-corrected chi connectivity index (χ3v) is 7.42. The first-order chi connectivity index (χ1) is 22.5. The van der Waals surface area contributed by atoms with Crippen LogP contribution in [-0.2, 0) is 33.6 Å². The third kappa shape index (κ3) is 19.1. The lowest BCUT2D eigenvalue weighted by Gasteiger charge is -2.29. The Morgan fingerprint density at radius 2 is 0.673 bits per heavy atom. The molecule has 282 valence electrons. The first kappa shape index (κ1) is 45.2. The van der Waals surface area contributed by atoms with Gasteiger partial charge in [-0.15, -0.1) is 0 Å². The van der Waals surface area contributed by atoms with Crippen LogP contribution in [0.2, 0.25) is 0 Å². The second kappa shape index (κ2) is 22.1. The first-order valence-corrected chi connectivity index (χ1v) is 17.3. The van der Waals surface area contributed by atoms with Gasteiger partial charge in [0.2, 0.25) is 29.5 Å². The summed E-state index contributed by atoms with van der Waals surface area (Å²) in [7, 11) is 0. The zero-order chi connectivity index (χ0) is 38.2. The maximum absolute atomic E-state index is 13.7. The average molecular weight is 699 g/mol. The van der Waals surface area contributed by atoms with E-state index in [0.717, 1.165) is 0 Å². The van der Waals surface area contributed by atoms with Crippen molar-refractivity contribution < 1.29 is 43.8 Å². The molecular formula is C34H62N6O9. The van der Waals surface area contributed by atoms with E-state index in [0.29, 0.717) is 12.8 Å². The molecule has 6 atom stereocenters. The van der Waals surface area contributed by atoms with Crippen molar-refractivity contribution in [3.8, 4) is 0 Å². The Kier molecular flexibility index (Phi) is 20.4. The van der Waals surface area contributed by atoms with Crippen LogP contribution in [-0.4, -0.2) is 87.9 Å². The number of amides is 5. The number of hydrogen-bond acceptors (Lipinski definition) is 8. The summed E-state index contributed by atoms with van der Waals surface area (Å²) in [6.45, 7) is 18.7. The zero-order valence-electron chi connectivity index (χ0n) is 30.9. The predicted octanol–water partition coefficient (Wildman–Crippen LogP) is 1.53. The first-order valence-electron chi connectivity index (χ1n) is 17.3. The molecule has 0 radical (unpaired) electrons. The number of carbonyl (C=O) groups is 7. The van der Waals surface area contributed by atoms with Crippen LogP contribution in [0.3, 0.4) is 0 Å². The largest absolute Gasteiger partial charge is 0.481 e. The van der Waals surface area contributed by atoms with E-state index in [9.17, 15) is 38.7 Å². The standard InChI is InChI=1S/C34H62N6O9/c1-17(2)11-22(35)29(43)36-23(12-18(3)4)30(44)37-24(13-19(5)6)31(45)38-25(14-20(7)8)32(46)39-26(15-21(9)10)33(47)40-27(34(48)49)16-28(41)42/h17-27H,11-16,35H2,1-10H3,(H,36,43)(H,37,44)(H,38,45)(H,39,46)(H,40,47)(H,41,42)(H,48,49)/t22-,23-,24-,25-,26-,27-/m0/s1. The number of nitrogens with one attached hydrogen (secondary N) is 5. The Hall–Kier alpha value is -3.75. The van der Waals surface area contributed by atoms with Crippen molar-refractivity contribution in [1.82, 2.24) is 26.6 Å². The Bertz CT molecular complexity index is 1130. The smallest absolute Gasteiger partial charge is 0.326 e. The molecule has 0 aromatic heterocycles. The van der Waals surface area contributed by atoms with Crippen LogP contribution in [0.5, 0.6) is 0 Å². The van der Waals surface area contributed by atoms with Gasteiger partial charge in [-0.3, -0.25) is 28.8 Å². The molecule has 0 aliphatic heterocycles. The van der Waals surface area contributed by atoms with Crippen molar-refractivity contribution >= 4 is 41.5 Å². The van der Waals surface area contributed by atoms with E-state index in [1.807, 2.05) is 55.4 Å². The van der Waals surface area contributed by atoms with Crippen LogP contribution >= 0.6 is 0 Å². The Labute approximate surface area is 291 Å². The molecule has 0 aliphatic carbocycles. The highest BCUT2D eigenvalue weighted by Crippen LogP contribution is 2.13. The highest BCUT2D eigenvalue weighted by molar-refractivity contribution is 5.96. The molecule has 0 fully saturated rings. The van der Waals surface area contributed by atoms with Crippen LogP contribution in [0.1, 0.15) is 108 Å². The minimum Gasteiger partial charge on any atom is -0.481 e. The van der Waals surface area contributed by atoms with E-state index in [2.05, 4.69) is 26.6 Å². The van der Waals surface area contributed by atoms with Crippen LogP contribution in [0.25, 0.3) is 0 Å². The SMILES string of the molecule is CC(C)C[C@H](NC(=O)[C@H](CC(C)C)NC(=O)[C@H](CC(C)C)NC(=O)[C@H](CC(C)C)NC(=O)[C@@H](N)CC(C)C)C(=O)N[C@@H](CC(=O)O)C(=O)O. The number of carboxylic acids is 2. The van der Waals surface area contributed by atoms with Crippen molar-refractivity contribution in [3.63, 3.8) is 0 Å². The molecule has 0 bridgehead atoms. The van der Waals surface area contributed by atoms with E-state index in [1.54, 1.807) is 13.8 Å². The predicted molar refractivity (Wildman–Crippen MR) is 185 cm³/mol. The quantitative estimate of drug-likeness (QED) is 0.0765.